The molecule has 1 heteroatoms. The Morgan fingerprint density at radius 1 is 0.604 bits per heavy atom. The fraction of sp³-hybridized carbons (Fsp3) is 0.191. The predicted octanol–water partition coefficient (Wildman–Crippen LogP) is 11.8. The molecule has 48 heavy (non-hydrogen) atoms. The summed E-state index contributed by atoms with van der Waals surface area (Å²) < 4.78 is 6.31. The Balaban J connectivity index is 1.13. The van der Waals surface area contributed by atoms with Crippen LogP contribution >= 0.6 is 0 Å². The summed E-state index contributed by atoms with van der Waals surface area (Å²) in [4.78, 5) is 0. The van der Waals surface area contributed by atoms with E-state index in [0.717, 1.165) is 56.5 Å². The summed E-state index contributed by atoms with van der Waals surface area (Å²) in [5, 5.41) is 2.93. The van der Waals surface area contributed by atoms with E-state index in [9.17, 15) is 0 Å². The number of rotatable bonds is 1. The molecule has 2 atom stereocenters. The van der Waals surface area contributed by atoms with Gasteiger partial charge >= 0.3 is 0 Å². The Hall–Kier alpha value is -5.14. The molecule has 0 saturated carbocycles. The second-order valence-corrected chi connectivity index (χ2v) is 14.7. The van der Waals surface area contributed by atoms with Crippen LogP contribution in [0.1, 0.15) is 99.6 Å². The minimum Gasteiger partial charge on any atom is -0.457 e. The molecule has 1 aromatic heterocycles. The van der Waals surface area contributed by atoms with Crippen LogP contribution in [0.4, 0.5) is 0 Å². The Labute approximate surface area is 281 Å². The Morgan fingerprint density at radius 3 is 2.40 bits per heavy atom. The van der Waals surface area contributed by atoms with E-state index < -0.39 is 0 Å². The molecule has 0 fully saturated rings. The van der Waals surface area contributed by atoms with E-state index in [1.807, 2.05) is 0 Å². The van der Waals surface area contributed by atoms with Crippen LogP contribution in [-0.2, 0) is 18.3 Å². The minimum absolute atomic E-state index is 0.318. The maximum absolute atomic E-state index is 6.31. The first kappa shape index (κ1) is 25.9. The quantitative estimate of drug-likeness (QED) is 0.183. The average molecular weight is 615 g/mol. The number of fused-ring (bicyclic) bond motifs is 15. The van der Waals surface area contributed by atoms with Crippen LogP contribution in [0.2, 0.25) is 0 Å². The maximum Gasteiger partial charge on any atom is 0.130 e. The van der Waals surface area contributed by atoms with Crippen molar-refractivity contribution in [1.82, 2.24) is 0 Å². The fourth-order valence-electron chi connectivity index (χ4n) is 10.7. The average Bonchev–Trinajstić information content (AvgIpc) is 3.86. The number of hydrogen-bond donors (Lipinski definition) is 0. The first-order valence-corrected chi connectivity index (χ1v) is 18.0. The van der Waals surface area contributed by atoms with E-state index in [-0.39, 0.29) is 5.41 Å². The van der Waals surface area contributed by atoms with Crippen molar-refractivity contribution in [2.75, 3.05) is 0 Å². The van der Waals surface area contributed by atoms with Gasteiger partial charge in [-0.1, -0.05) is 97.1 Å². The molecule has 7 aliphatic rings. The lowest BCUT2D eigenvalue weighted by Crippen LogP contribution is -2.27. The molecule has 7 aliphatic carbocycles. The number of furan rings is 1. The van der Waals surface area contributed by atoms with Crippen molar-refractivity contribution in [2.45, 2.75) is 56.3 Å². The fourth-order valence-corrected chi connectivity index (χ4v) is 10.7. The van der Waals surface area contributed by atoms with Gasteiger partial charge in [0.25, 0.3) is 0 Å². The van der Waals surface area contributed by atoms with E-state index >= 15 is 0 Å². The van der Waals surface area contributed by atoms with Crippen LogP contribution in [0.5, 0.6) is 0 Å². The van der Waals surface area contributed by atoms with Gasteiger partial charge in [-0.3, -0.25) is 0 Å². The van der Waals surface area contributed by atoms with E-state index in [2.05, 4.69) is 115 Å². The van der Waals surface area contributed by atoms with E-state index in [4.69, 9.17) is 4.42 Å². The summed E-state index contributed by atoms with van der Waals surface area (Å²) >= 11 is 0. The molecule has 2 unspecified atom stereocenters. The van der Waals surface area contributed by atoms with Gasteiger partial charge in [-0.25, -0.2) is 0 Å². The highest BCUT2D eigenvalue weighted by Gasteiger charge is 2.53. The van der Waals surface area contributed by atoms with Crippen molar-refractivity contribution in [2.24, 2.45) is 0 Å². The highest BCUT2D eigenvalue weighted by molar-refractivity contribution is 6.20. The molecule has 1 spiro atoms. The van der Waals surface area contributed by atoms with Crippen LogP contribution in [0.3, 0.4) is 0 Å². The van der Waals surface area contributed by atoms with Gasteiger partial charge in [0.2, 0.25) is 0 Å². The van der Waals surface area contributed by atoms with Crippen molar-refractivity contribution < 1.29 is 4.42 Å². The lowest BCUT2D eigenvalue weighted by Gasteiger charge is -2.33. The van der Waals surface area contributed by atoms with Crippen LogP contribution in [0.15, 0.2) is 113 Å². The van der Waals surface area contributed by atoms with Crippen molar-refractivity contribution in [3.05, 3.63) is 170 Å². The molecular weight excluding hydrogens is 581 g/mol. The standard InChI is InChI=1S/C47H34O/c1-2-11-30-29(10-1)34-15-9-16-36-45(34)38(30)26-42-46(36)35-14-4-7-18-40(35)47(42)39-17-6-3-12-31(39)32-22-20-28(25-41(32)47)27-21-23-44-37(24-27)33-13-5-8-19-43(33)48-44/h1,3,6-10,12,15-23,25-27H,2,4-5,11,13-14,24H2. The maximum atomic E-state index is 6.31. The molecule has 0 aliphatic heterocycles. The summed E-state index contributed by atoms with van der Waals surface area (Å²) in [6.07, 6.45) is 26.4. The van der Waals surface area contributed by atoms with Gasteiger partial charge in [0.05, 0.1) is 5.41 Å². The number of hydrogen-bond acceptors (Lipinski definition) is 1. The topological polar surface area (TPSA) is 13.1 Å². The first-order chi connectivity index (χ1) is 23.8. The Kier molecular flexibility index (Phi) is 4.88. The van der Waals surface area contributed by atoms with Crippen LogP contribution in [-0.4, -0.2) is 0 Å². The second kappa shape index (κ2) is 9.05. The third-order valence-electron chi connectivity index (χ3n) is 12.6. The number of benzene rings is 4. The largest absolute Gasteiger partial charge is 0.457 e. The summed E-state index contributed by atoms with van der Waals surface area (Å²) in [7, 11) is 0. The highest BCUT2D eigenvalue weighted by atomic mass is 16.3. The van der Waals surface area contributed by atoms with Gasteiger partial charge in [-0.2, -0.15) is 0 Å². The van der Waals surface area contributed by atoms with Gasteiger partial charge in [0, 0.05) is 17.0 Å². The summed E-state index contributed by atoms with van der Waals surface area (Å²) in [5.74, 6) is 2.46. The van der Waals surface area contributed by atoms with E-state index in [0.29, 0.717) is 5.92 Å². The molecule has 0 bridgehead atoms. The van der Waals surface area contributed by atoms with Gasteiger partial charge in [0.1, 0.15) is 11.5 Å². The molecule has 228 valence electrons. The Morgan fingerprint density at radius 2 is 1.42 bits per heavy atom. The molecule has 4 aromatic carbocycles. The highest BCUT2D eigenvalue weighted by Crippen LogP contribution is 2.66. The van der Waals surface area contributed by atoms with Gasteiger partial charge in [-0.15, -0.1) is 0 Å². The summed E-state index contributed by atoms with van der Waals surface area (Å²) in [6.45, 7) is 0. The van der Waals surface area contributed by atoms with Crippen LogP contribution in [0, 0.1) is 0 Å². The predicted molar refractivity (Wildman–Crippen MR) is 198 cm³/mol. The van der Waals surface area contributed by atoms with Crippen molar-refractivity contribution >= 4 is 39.6 Å². The van der Waals surface area contributed by atoms with Gasteiger partial charge < -0.3 is 4.42 Å². The zero-order valence-electron chi connectivity index (χ0n) is 26.9. The number of allylic oxidation sites excluding steroid dienone is 10. The third kappa shape index (κ3) is 3.01. The molecule has 0 N–H and O–H groups in total. The molecule has 1 nitrogen and oxygen atoms in total. The van der Waals surface area contributed by atoms with Gasteiger partial charge in [0.15, 0.2) is 0 Å². The third-order valence-corrected chi connectivity index (χ3v) is 12.6. The monoisotopic (exact) mass is 614 g/mol. The summed E-state index contributed by atoms with van der Waals surface area (Å²) in [5.41, 5.74) is 21.6. The molecule has 12 rings (SSSR count). The minimum atomic E-state index is -0.318. The first-order valence-electron chi connectivity index (χ1n) is 18.0. The molecule has 5 aromatic rings. The zero-order valence-corrected chi connectivity index (χ0v) is 26.9. The van der Waals surface area contributed by atoms with E-state index in [1.54, 1.807) is 11.1 Å². The van der Waals surface area contributed by atoms with Gasteiger partial charge in [-0.05, 0) is 146 Å². The SMILES string of the molecule is C1=CC2=C(CC1)c1c(cc3c4c(cccc14)C1=C3CCC=C1)C21c2ccccc2-c2ccc(C3C=Cc4oc5c(c4C3)CCC=C5)cc21. The smallest absolute Gasteiger partial charge is 0.130 e. The molecular formula is C47H34O. The normalized spacial score (nSPS) is 23.0. The van der Waals surface area contributed by atoms with E-state index in [1.165, 1.54) is 83.1 Å². The lowest BCUT2D eigenvalue weighted by molar-refractivity contribution is 0.536. The Bertz CT molecular complexity index is 2530. The van der Waals surface area contributed by atoms with Crippen molar-refractivity contribution in [3.63, 3.8) is 0 Å². The second-order valence-electron chi connectivity index (χ2n) is 14.7. The molecule has 0 saturated heterocycles. The molecule has 0 amide bonds. The van der Waals surface area contributed by atoms with Crippen LogP contribution < -0.4 is 0 Å². The molecule has 1 heterocycles. The van der Waals surface area contributed by atoms with Crippen molar-refractivity contribution in [3.8, 4) is 11.1 Å². The zero-order chi connectivity index (χ0) is 31.1. The lowest BCUT2D eigenvalue weighted by atomic mass is 9.68. The van der Waals surface area contributed by atoms with Crippen LogP contribution in [0.25, 0.3) is 50.8 Å². The van der Waals surface area contributed by atoms with Crippen molar-refractivity contribution in [1.29, 1.82) is 0 Å². The molecule has 0 radical (unpaired) electrons. The summed E-state index contributed by atoms with van der Waals surface area (Å²) in [6, 6.07) is 26.5.